The van der Waals surface area contributed by atoms with E-state index in [9.17, 15) is 0 Å². The maximum atomic E-state index is 6.21. The third-order valence-corrected chi connectivity index (χ3v) is 4.37. The predicted octanol–water partition coefficient (Wildman–Crippen LogP) is 3.54. The lowest BCUT2D eigenvalue weighted by Crippen LogP contribution is -2.20. The zero-order chi connectivity index (χ0) is 14.9. The molecular formula is C15H24N4S. The number of aryl methyl sites for hydroxylation is 2. The van der Waals surface area contributed by atoms with Crippen molar-refractivity contribution in [1.82, 2.24) is 9.78 Å². The molecule has 0 saturated carbocycles. The average Bonchev–Trinajstić information content (AvgIpc) is 2.87. The highest BCUT2D eigenvalue weighted by Crippen LogP contribution is 2.28. The fourth-order valence-corrected chi connectivity index (χ4v) is 3.36. The molecule has 0 aliphatic rings. The molecule has 0 amide bonds. The van der Waals surface area contributed by atoms with Crippen molar-refractivity contribution in [1.29, 1.82) is 0 Å². The number of nitrogens with one attached hydrogen (secondary N) is 1. The number of thiophene rings is 1. The van der Waals surface area contributed by atoms with Crippen LogP contribution in [0.1, 0.15) is 42.1 Å². The topological polar surface area (TPSA) is 55.9 Å². The number of hydrogen-bond donors (Lipinski definition) is 2. The van der Waals surface area contributed by atoms with E-state index in [1.54, 1.807) is 0 Å². The minimum atomic E-state index is 0.325. The van der Waals surface area contributed by atoms with Crippen LogP contribution in [0, 0.1) is 6.92 Å². The molecule has 4 nitrogen and oxygen atoms in total. The van der Waals surface area contributed by atoms with Crippen LogP contribution in [0.15, 0.2) is 12.1 Å². The summed E-state index contributed by atoms with van der Waals surface area (Å²) in [5.41, 5.74) is 7.95. The Hall–Kier alpha value is -1.49. The van der Waals surface area contributed by atoms with Crippen LogP contribution in [0.25, 0.3) is 0 Å². The van der Waals surface area contributed by atoms with Crippen LogP contribution in [-0.2, 0) is 13.5 Å². The molecule has 0 aliphatic carbocycles. The van der Waals surface area contributed by atoms with E-state index in [4.69, 9.17) is 5.73 Å². The van der Waals surface area contributed by atoms with Gasteiger partial charge in [-0.05, 0) is 31.9 Å². The summed E-state index contributed by atoms with van der Waals surface area (Å²) in [6, 6.07) is 4.69. The summed E-state index contributed by atoms with van der Waals surface area (Å²) in [5.74, 6) is 1.27. The summed E-state index contributed by atoms with van der Waals surface area (Å²) in [6.07, 6.45) is 1.00. The second-order valence-electron chi connectivity index (χ2n) is 5.69. The van der Waals surface area contributed by atoms with E-state index in [1.807, 2.05) is 23.1 Å². The molecule has 1 atom stereocenters. The van der Waals surface area contributed by atoms with Crippen LogP contribution in [0.3, 0.4) is 0 Å². The minimum absolute atomic E-state index is 0.325. The fourth-order valence-electron chi connectivity index (χ4n) is 2.34. The summed E-state index contributed by atoms with van der Waals surface area (Å²) in [7, 11) is 1.94. The maximum Gasteiger partial charge on any atom is 0.148 e. The molecule has 110 valence electrons. The summed E-state index contributed by atoms with van der Waals surface area (Å²) >= 11 is 1.85. The zero-order valence-corrected chi connectivity index (χ0v) is 13.7. The molecular weight excluding hydrogens is 268 g/mol. The van der Waals surface area contributed by atoms with Gasteiger partial charge < -0.3 is 11.1 Å². The number of nitrogens with zero attached hydrogens (tertiary/aromatic N) is 2. The quantitative estimate of drug-likeness (QED) is 0.886. The van der Waals surface area contributed by atoms with Crippen LogP contribution >= 0.6 is 11.3 Å². The Kier molecular flexibility index (Phi) is 4.38. The van der Waals surface area contributed by atoms with Crippen molar-refractivity contribution in [3.63, 3.8) is 0 Å². The Labute approximate surface area is 125 Å². The Morgan fingerprint density at radius 2 is 2.05 bits per heavy atom. The highest BCUT2D eigenvalue weighted by Gasteiger charge is 2.17. The van der Waals surface area contributed by atoms with E-state index in [-0.39, 0.29) is 0 Å². The van der Waals surface area contributed by atoms with Gasteiger partial charge in [-0.15, -0.1) is 11.3 Å². The van der Waals surface area contributed by atoms with E-state index < -0.39 is 0 Å². The molecule has 0 spiro atoms. The first-order valence-corrected chi connectivity index (χ1v) is 7.84. The molecule has 2 aromatic rings. The van der Waals surface area contributed by atoms with Gasteiger partial charge >= 0.3 is 0 Å². The van der Waals surface area contributed by atoms with Crippen molar-refractivity contribution >= 4 is 22.8 Å². The summed E-state index contributed by atoms with van der Waals surface area (Å²) in [6.45, 7) is 8.54. The van der Waals surface area contributed by atoms with Gasteiger partial charge in [-0.3, -0.25) is 4.68 Å². The molecule has 0 bridgehead atoms. The van der Waals surface area contributed by atoms with E-state index in [1.165, 1.54) is 9.75 Å². The molecule has 0 saturated heterocycles. The number of rotatable bonds is 5. The Balaban J connectivity index is 2.09. The molecule has 2 heterocycles. The second kappa shape index (κ2) is 5.87. The molecule has 0 fully saturated rings. The second-order valence-corrected chi connectivity index (χ2v) is 7.06. The lowest BCUT2D eigenvalue weighted by atomic mass is 10.1. The first kappa shape index (κ1) is 14.9. The van der Waals surface area contributed by atoms with Crippen LogP contribution in [0.2, 0.25) is 0 Å². The molecule has 2 aromatic heterocycles. The van der Waals surface area contributed by atoms with Crippen LogP contribution in [-0.4, -0.2) is 15.8 Å². The van der Waals surface area contributed by atoms with E-state index >= 15 is 0 Å². The third kappa shape index (κ3) is 3.15. The summed E-state index contributed by atoms with van der Waals surface area (Å²) in [5, 5.41) is 8.00. The number of hydrogen-bond acceptors (Lipinski definition) is 4. The van der Waals surface area contributed by atoms with Gasteiger partial charge in [-0.25, -0.2) is 0 Å². The highest BCUT2D eigenvalue weighted by molar-refractivity contribution is 7.11. The van der Waals surface area contributed by atoms with Gasteiger partial charge in [0.15, 0.2) is 0 Å². The third-order valence-electron chi connectivity index (χ3n) is 3.35. The van der Waals surface area contributed by atoms with Gasteiger partial charge in [0.05, 0.1) is 11.4 Å². The Morgan fingerprint density at radius 3 is 2.55 bits per heavy atom. The lowest BCUT2D eigenvalue weighted by molar-refractivity contribution is 0.702. The van der Waals surface area contributed by atoms with Crippen LogP contribution in [0.4, 0.5) is 11.5 Å². The number of nitrogen functional groups attached to an aromatic ring is 1. The average molecular weight is 292 g/mol. The molecule has 2 rings (SSSR count). The van der Waals surface area contributed by atoms with Crippen molar-refractivity contribution in [3.8, 4) is 0 Å². The first-order valence-electron chi connectivity index (χ1n) is 7.02. The van der Waals surface area contributed by atoms with Crippen LogP contribution in [0.5, 0.6) is 0 Å². The van der Waals surface area contributed by atoms with Crippen molar-refractivity contribution in [2.45, 2.75) is 46.1 Å². The van der Waals surface area contributed by atoms with E-state index in [0.29, 0.717) is 12.0 Å². The van der Waals surface area contributed by atoms with Crippen LogP contribution < -0.4 is 11.1 Å². The Morgan fingerprint density at radius 1 is 1.35 bits per heavy atom. The number of aromatic nitrogens is 2. The maximum absolute atomic E-state index is 6.21. The molecule has 1 unspecified atom stereocenters. The van der Waals surface area contributed by atoms with Gasteiger partial charge in [0.1, 0.15) is 5.82 Å². The number of anilines is 2. The van der Waals surface area contributed by atoms with Crippen molar-refractivity contribution in [2.24, 2.45) is 7.05 Å². The number of nitrogens with two attached hydrogens (primary N) is 1. The molecule has 0 aliphatic heterocycles. The largest absolute Gasteiger partial charge is 0.394 e. The summed E-state index contributed by atoms with van der Waals surface area (Å²) in [4.78, 5) is 2.75. The SMILES string of the molecule is Cc1ccc(CC(C)Nc2c(N)c(C(C)C)nn2C)s1. The monoisotopic (exact) mass is 292 g/mol. The summed E-state index contributed by atoms with van der Waals surface area (Å²) < 4.78 is 1.85. The molecule has 0 radical (unpaired) electrons. The van der Waals surface area contributed by atoms with Gasteiger partial charge in [-0.1, -0.05) is 13.8 Å². The predicted molar refractivity (Wildman–Crippen MR) is 87.6 cm³/mol. The van der Waals surface area contributed by atoms with Crippen molar-refractivity contribution in [2.75, 3.05) is 11.1 Å². The molecule has 5 heteroatoms. The first-order chi connectivity index (χ1) is 9.38. The van der Waals surface area contributed by atoms with Gasteiger partial charge in [0, 0.05) is 29.3 Å². The van der Waals surface area contributed by atoms with Gasteiger partial charge in [0.2, 0.25) is 0 Å². The van der Waals surface area contributed by atoms with Gasteiger partial charge in [0.25, 0.3) is 0 Å². The van der Waals surface area contributed by atoms with E-state index in [0.717, 1.165) is 23.6 Å². The Bertz CT molecular complexity index is 583. The zero-order valence-electron chi connectivity index (χ0n) is 12.9. The standard InChI is InChI=1S/C15H24N4S/c1-9(2)14-13(16)15(19(5)18-14)17-10(3)8-12-7-6-11(4)20-12/h6-7,9-10,17H,8,16H2,1-5H3. The molecule has 0 aromatic carbocycles. The highest BCUT2D eigenvalue weighted by atomic mass is 32.1. The lowest BCUT2D eigenvalue weighted by Gasteiger charge is -2.15. The normalized spacial score (nSPS) is 12.9. The fraction of sp³-hybridized carbons (Fsp3) is 0.533. The smallest absolute Gasteiger partial charge is 0.148 e. The van der Waals surface area contributed by atoms with Crippen molar-refractivity contribution in [3.05, 3.63) is 27.6 Å². The minimum Gasteiger partial charge on any atom is -0.394 e. The van der Waals surface area contributed by atoms with Crippen molar-refractivity contribution < 1.29 is 0 Å². The van der Waals surface area contributed by atoms with Gasteiger partial charge in [-0.2, -0.15) is 5.10 Å². The van der Waals surface area contributed by atoms with E-state index in [2.05, 4.69) is 50.2 Å². The molecule has 3 N–H and O–H groups in total. The molecule has 20 heavy (non-hydrogen) atoms.